The van der Waals surface area contributed by atoms with Gasteiger partial charge in [0.15, 0.2) is 0 Å². The highest BCUT2D eigenvalue weighted by molar-refractivity contribution is 5.91. The van der Waals surface area contributed by atoms with E-state index in [2.05, 4.69) is 35.0 Å². The van der Waals surface area contributed by atoms with E-state index in [4.69, 9.17) is 13.9 Å². The summed E-state index contributed by atoms with van der Waals surface area (Å²) in [6, 6.07) is 10.2. The van der Waals surface area contributed by atoms with Crippen molar-refractivity contribution in [3.05, 3.63) is 72.7 Å². The third-order valence-electron chi connectivity index (χ3n) is 7.41. The zero-order valence-corrected chi connectivity index (χ0v) is 19.6. The maximum atomic E-state index is 12.7. The molecule has 0 bridgehead atoms. The fourth-order valence-corrected chi connectivity index (χ4v) is 5.77. The number of methoxy groups -OCH3 is 2. The molecule has 3 atom stereocenters. The number of hydrogen-bond donors (Lipinski definition) is 1. The highest BCUT2D eigenvalue weighted by Crippen LogP contribution is 2.53. The maximum Gasteiger partial charge on any atom is 0.244 e. The third kappa shape index (κ3) is 4.63. The molecule has 0 radical (unpaired) electrons. The van der Waals surface area contributed by atoms with Crippen LogP contribution < -0.4 is 10.1 Å². The first-order valence-corrected chi connectivity index (χ1v) is 11.6. The summed E-state index contributed by atoms with van der Waals surface area (Å²) >= 11 is 0. The van der Waals surface area contributed by atoms with Gasteiger partial charge in [-0.2, -0.15) is 0 Å². The molecule has 1 aromatic carbocycles. The van der Waals surface area contributed by atoms with Crippen molar-refractivity contribution < 1.29 is 18.7 Å². The van der Waals surface area contributed by atoms with E-state index in [-0.39, 0.29) is 23.0 Å². The summed E-state index contributed by atoms with van der Waals surface area (Å²) in [6.07, 6.45) is 12.0. The van der Waals surface area contributed by atoms with E-state index < -0.39 is 0 Å². The number of nitrogens with zero attached hydrogens (tertiary/aromatic N) is 1. The van der Waals surface area contributed by atoms with E-state index in [1.165, 1.54) is 5.56 Å². The molecule has 6 nitrogen and oxygen atoms in total. The lowest BCUT2D eigenvalue weighted by molar-refractivity contribution is -0.148. The summed E-state index contributed by atoms with van der Waals surface area (Å²) in [5.74, 6) is 0.755. The fourth-order valence-electron chi connectivity index (χ4n) is 5.77. The van der Waals surface area contributed by atoms with Gasteiger partial charge in [-0.3, -0.25) is 9.69 Å². The van der Waals surface area contributed by atoms with Crippen LogP contribution in [0.1, 0.15) is 36.8 Å². The number of hydrogen-bond acceptors (Lipinski definition) is 5. The van der Waals surface area contributed by atoms with Gasteiger partial charge in [0.25, 0.3) is 0 Å². The van der Waals surface area contributed by atoms with Gasteiger partial charge in [0, 0.05) is 43.3 Å². The van der Waals surface area contributed by atoms with Crippen molar-refractivity contribution in [1.29, 1.82) is 0 Å². The molecule has 1 aromatic heterocycles. The van der Waals surface area contributed by atoms with Gasteiger partial charge in [-0.05, 0) is 62.1 Å². The van der Waals surface area contributed by atoms with Crippen molar-refractivity contribution in [2.24, 2.45) is 0 Å². The number of carbonyl (C=O) groups excluding carboxylic acids is 1. The van der Waals surface area contributed by atoms with E-state index in [1.807, 2.05) is 25.3 Å². The molecule has 1 N–H and O–H groups in total. The summed E-state index contributed by atoms with van der Waals surface area (Å²) in [7, 11) is 3.53. The molecule has 4 rings (SSSR count). The van der Waals surface area contributed by atoms with Crippen molar-refractivity contribution in [3.8, 4) is 5.75 Å². The van der Waals surface area contributed by atoms with Crippen LogP contribution in [0.4, 0.5) is 0 Å². The molecular weight excluding hydrogens is 416 g/mol. The maximum absolute atomic E-state index is 12.7. The largest absolute Gasteiger partial charge is 0.497 e. The molecule has 2 fully saturated rings. The Hall–Kier alpha value is -2.83. The molecule has 1 saturated carbocycles. The lowest BCUT2D eigenvalue weighted by atomic mass is 9.55. The zero-order chi connectivity index (χ0) is 23.3. The fraction of sp³-hybridized carbons (Fsp3) is 0.444. The molecule has 2 heterocycles. The number of rotatable bonds is 8. The zero-order valence-electron chi connectivity index (χ0n) is 19.6. The Morgan fingerprint density at radius 1 is 1.33 bits per heavy atom. The van der Waals surface area contributed by atoms with Crippen LogP contribution >= 0.6 is 0 Å². The summed E-state index contributed by atoms with van der Waals surface area (Å²) in [4.78, 5) is 15.1. The van der Waals surface area contributed by atoms with Crippen LogP contribution in [0.3, 0.4) is 0 Å². The summed E-state index contributed by atoms with van der Waals surface area (Å²) in [5.41, 5.74) is 1.52. The van der Waals surface area contributed by atoms with Crippen LogP contribution in [0.2, 0.25) is 0 Å². The molecule has 1 aliphatic heterocycles. The molecule has 33 heavy (non-hydrogen) atoms. The van der Waals surface area contributed by atoms with Gasteiger partial charge in [0.05, 0.1) is 25.2 Å². The second-order valence-corrected chi connectivity index (χ2v) is 9.12. The molecule has 1 aliphatic carbocycles. The SMILES string of the molecule is C=CCN1CC[C@@]2(c3cccc(OC)c3)C[C@H](NC(=O)/C=C/c3ccoc3)CC[C@]2(OC)C1. The Morgan fingerprint density at radius 2 is 2.21 bits per heavy atom. The number of nitrogens with one attached hydrogen (secondary N) is 1. The number of ether oxygens (including phenoxy) is 2. The Bertz CT molecular complexity index is 986. The highest BCUT2D eigenvalue weighted by Gasteiger charge is 2.58. The number of furan rings is 1. The smallest absolute Gasteiger partial charge is 0.244 e. The first kappa shape index (κ1) is 23.3. The minimum absolute atomic E-state index is 0.0620. The minimum atomic E-state index is -0.339. The Balaban J connectivity index is 1.62. The van der Waals surface area contributed by atoms with Crippen LogP contribution in [0.5, 0.6) is 5.75 Å². The monoisotopic (exact) mass is 450 g/mol. The van der Waals surface area contributed by atoms with Crippen LogP contribution in [0.25, 0.3) is 6.08 Å². The normalized spacial score (nSPS) is 27.8. The van der Waals surface area contributed by atoms with Gasteiger partial charge < -0.3 is 19.2 Å². The standard InChI is InChI=1S/C27H34N2O4/c1-4-14-29-15-13-26(22-6-5-7-24(17-22)31-2)18-23(10-12-27(26,20-29)32-3)28-25(30)9-8-21-11-16-33-19-21/h4-9,11,16-17,19,23H,1,10,12-15,18,20H2,2-3H3,(H,28,30)/b9-8+/t23-,26+,27+/m1/s1. The van der Waals surface area contributed by atoms with Crippen molar-refractivity contribution in [3.63, 3.8) is 0 Å². The summed E-state index contributed by atoms with van der Waals surface area (Å²) in [6.45, 7) is 6.57. The Kier molecular flexibility index (Phi) is 7.05. The summed E-state index contributed by atoms with van der Waals surface area (Å²) < 4.78 is 17.0. The predicted octanol–water partition coefficient (Wildman–Crippen LogP) is 4.19. The molecule has 0 spiro atoms. The third-order valence-corrected chi connectivity index (χ3v) is 7.41. The number of likely N-dealkylation sites (tertiary alicyclic amines) is 1. The number of amides is 1. The number of piperidine rings is 1. The minimum Gasteiger partial charge on any atom is -0.497 e. The molecule has 6 heteroatoms. The van der Waals surface area contributed by atoms with Crippen LogP contribution in [0, 0.1) is 0 Å². The second kappa shape index (κ2) is 9.98. The Labute approximate surface area is 196 Å². The van der Waals surface area contributed by atoms with Crippen LogP contribution in [0.15, 0.2) is 66.0 Å². The van der Waals surface area contributed by atoms with E-state index in [0.717, 1.165) is 56.6 Å². The molecule has 2 aromatic rings. The number of benzene rings is 1. The highest BCUT2D eigenvalue weighted by atomic mass is 16.5. The van der Waals surface area contributed by atoms with E-state index in [0.29, 0.717) is 0 Å². The first-order valence-electron chi connectivity index (χ1n) is 11.6. The van der Waals surface area contributed by atoms with Gasteiger partial charge in [-0.15, -0.1) is 6.58 Å². The quantitative estimate of drug-likeness (QED) is 0.483. The second-order valence-electron chi connectivity index (χ2n) is 9.12. The van der Waals surface area contributed by atoms with Gasteiger partial charge in [-0.25, -0.2) is 0 Å². The van der Waals surface area contributed by atoms with Crippen LogP contribution in [-0.4, -0.2) is 56.3 Å². The van der Waals surface area contributed by atoms with E-state index in [9.17, 15) is 4.79 Å². The molecule has 0 unspecified atom stereocenters. The predicted molar refractivity (Wildman–Crippen MR) is 129 cm³/mol. The molecule has 1 saturated heterocycles. The van der Waals surface area contributed by atoms with Gasteiger partial charge >= 0.3 is 0 Å². The average molecular weight is 451 g/mol. The summed E-state index contributed by atoms with van der Waals surface area (Å²) in [5, 5.41) is 3.24. The van der Waals surface area contributed by atoms with E-state index >= 15 is 0 Å². The van der Waals surface area contributed by atoms with Gasteiger partial charge in [-0.1, -0.05) is 18.2 Å². The number of carbonyl (C=O) groups is 1. The van der Waals surface area contributed by atoms with Crippen LogP contribution in [-0.2, 0) is 14.9 Å². The number of fused-ring (bicyclic) bond motifs is 1. The Morgan fingerprint density at radius 3 is 2.94 bits per heavy atom. The lowest BCUT2D eigenvalue weighted by Gasteiger charge is -2.59. The first-order chi connectivity index (χ1) is 16.0. The van der Waals surface area contributed by atoms with Crippen molar-refractivity contribution in [2.75, 3.05) is 33.9 Å². The van der Waals surface area contributed by atoms with Gasteiger partial charge in [0.2, 0.25) is 5.91 Å². The molecular formula is C27H34N2O4. The topological polar surface area (TPSA) is 63.9 Å². The molecule has 176 valence electrons. The molecule has 1 amide bonds. The van der Waals surface area contributed by atoms with Crippen molar-refractivity contribution in [2.45, 2.75) is 42.7 Å². The molecule has 2 aliphatic rings. The average Bonchev–Trinajstić information content (AvgIpc) is 3.37. The van der Waals surface area contributed by atoms with Gasteiger partial charge in [0.1, 0.15) is 5.75 Å². The van der Waals surface area contributed by atoms with Crippen molar-refractivity contribution >= 4 is 12.0 Å². The lowest BCUT2D eigenvalue weighted by Crippen LogP contribution is -2.67. The van der Waals surface area contributed by atoms with Crippen molar-refractivity contribution in [1.82, 2.24) is 10.2 Å². The van der Waals surface area contributed by atoms with E-state index in [1.54, 1.807) is 31.8 Å².